The summed E-state index contributed by atoms with van der Waals surface area (Å²) in [6.45, 7) is 4.18. The molecular weight excluding hydrogens is 1020 g/mol. The van der Waals surface area contributed by atoms with Crippen LogP contribution >= 0.6 is 7.82 Å². The monoisotopic (exact) mass is 1130 g/mol. The van der Waals surface area contributed by atoms with Crippen LogP contribution in [0.2, 0.25) is 0 Å². The summed E-state index contributed by atoms with van der Waals surface area (Å²) in [4.78, 5) is 48.7. The molecule has 0 saturated carbocycles. The summed E-state index contributed by atoms with van der Waals surface area (Å²) in [7, 11) is -4.79. The second-order valence-corrected chi connectivity index (χ2v) is 20.8. The number of aliphatic hydroxyl groups is 1. The Morgan fingerprint density at radius 3 is 0.988 bits per heavy atom. The standard InChI is InChI=1S/C68H107O11P/c1-4-7-10-13-16-19-22-25-28-31-32-35-38-41-44-47-50-53-56-59-68(72)79-65(61-75-66(70)57-54-51-48-45-42-39-36-33-29-26-23-20-17-14-11-8-5-2)63-77-80(73,74)76-62-64(60-69)78-67(71)58-55-52-49-46-43-40-37-34-30-27-24-21-18-15-12-9-6-3/h7-12,16-21,25-30,32,35-36,39,41,44-45,48,64-65,69H,4-6,13-15,22-24,31,33-34,37-38,40,42-43,46-47,49-63H2,1-3H3,(H,73,74)/b10-7-,11-8-,12-9-,19-16-,20-17-,21-18-,28-25-,29-26-,30-27-,35-32-,39-36-,44-41-,48-45-. The van der Waals surface area contributed by atoms with Gasteiger partial charge in [-0.25, -0.2) is 4.57 Å². The molecule has 0 rings (SSSR count). The number of esters is 3. The number of phosphoric acid groups is 1. The van der Waals surface area contributed by atoms with Crippen molar-refractivity contribution in [2.75, 3.05) is 26.4 Å². The third-order valence-corrected chi connectivity index (χ3v) is 12.9. The van der Waals surface area contributed by atoms with Gasteiger partial charge in [-0.15, -0.1) is 0 Å². The molecule has 450 valence electrons. The van der Waals surface area contributed by atoms with E-state index in [1.165, 1.54) is 6.42 Å². The quantitative estimate of drug-likeness (QED) is 0.0197. The Hall–Kier alpha value is -4.90. The minimum atomic E-state index is -4.79. The van der Waals surface area contributed by atoms with Crippen molar-refractivity contribution >= 4 is 25.7 Å². The fourth-order valence-electron chi connectivity index (χ4n) is 7.43. The fourth-order valence-corrected chi connectivity index (χ4v) is 8.22. The van der Waals surface area contributed by atoms with Crippen molar-refractivity contribution in [3.8, 4) is 0 Å². The van der Waals surface area contributed by atoms with E-state index in [-0.39, 0.29) is 25.9 Å². The number of hydrogen-bond donors (Lipinski definition) is 2. The third kappa shape index (κ3) is 57.8. The second kappa shape index (κ2) is 60.2. The first-order valence-electron chi connectivity index (χ1n) is 30.4. The van der Waals surface area contributed by atoms with Crippen molar-refractivity contribution in [1.29, 1.82) is 0 Å². The highest BCUT2D eigenvalue weighted by atomic mass is 31.2. The largest absolute Gasteiger partial charge is 0.472 e. The predicted octanol–water partition coefficient (Wildman–Crippen LogP) is 18.5. The van der Waals surface area contributed by atoms with Gasteiger partial charge < -0.3 is 24.2 Å². The zero-order valence-corrected chi connectivity index (χ0v) is 50.6. The minimum absolute atomic E-state index is 0.106. The first-order chi connectivity index (χ1) is 39.2. The van der Waals surface area contributed by atoms with E-state index >= 15 is 0 Å². The molecule has 0 spiro atoms. The second-order valence-electron chi connectivity index (χ2n) is 19.4. The molecule has 0 aliphatic rings. The molecule has 3 atom stereocenters. The summed E-state index contributed by atoms with van der Waals surface area (Å²) in [5, 5.41) is 9.84. The van der Waals surface area contributed by atoms with E-state index in [0.717, 1.165) is 141 Å². The highest BCUT2D eigenvalue weighted by Crippen LogP contribution is 2.43. The van der Waals surface area contributed by atoms with Crippen LogP contribution in [0.5, 0.6) is 0 Å². The van der Waals surface area contributed by atoms with Crippen LogP contribution in [-0.4, -0.2) is 66.5 Å². The summed E-state index contributed by atoms with van der Waals surface area (Å²) in [5.41, 5.74) is 0. The Kier molecular flexibility index (Phi) is 56.5. The lowest BCUT2D eigenvalue weighted by molar-refractivity contribution is -0.161. The number of carbonyl (C=O) groups is 3. The molecule has 12 heteroatoms. The summed E-state index contributed by atoms with van der Waals surface area (Å²) in [5.74, 6) is -1.60. The molecule has 0 saturated heterocycles. The maximum atomic E-state index is 12.9. The Morgan fingerprint density at radius 2 is 0.625 bits per heavy atom. The van der Waals surface area contributed by atoms with E-state index in [0.29, 0.717) is 25.7 Å². The van der Waals surface area contributed by atoms with Crippen LogP contribution in [0.3, 0.4) is 0 Å². The van der Waals surface area contributed by atoms with Crippen molar-refractivity contribution < 1.29 is 52.2 Å². The zero-order valence-electron chi connectivity index (χ0n) is 49.7. The molecule has 0 radical (unpaired) electrons. The third-order valence-electron chi connectivity index (χ3n) is 11.9. The molecule has 3 unspecified atom stereocenters. The fraction of sp³-hybridized carbons (Fsp3) is 0.574. The molecule has 2 N–H and O–H groups in total. The molecule has 0 aromatic rings. The molecule has 0 bridgehead atoms. The van der Waals surface area contributed by atoms with Gasteiger partial charge in [0, 0.05) is 19.3 Å². The molecule has 0 aromatic heterocycles. The number of allylic oxidation sites excluding steroid dienone is 26. The van der Waals surface area contributed by atoms with Crippen LogP contribution in [0.15, 0.2) is 158 Å². The molecule has 0 aliphatic heterocycles. The van der Waals surface area contributed by atoms with Crippen molar-refractivity contribution in [1.82, 2.24) is 0 Å². The molecule has 0 heterocycles. The molecular formula is C68H107O11P. The highest BCUT2D eigenvalue weighted by Gasteiger charge is 2.28. The summed E-state index contributed by atoms with van der Waals surface area (Å²) < 4.78 is 39.5. The average Bonchev–Trinajstić information content (AvgIpc) is 3.45. The number of carbonyl (C=O) groups excluding carboxylic acids is 3. The Labute approximate surface area is 485 Å². The Bertz CT molecular complexity index is 1950. The topological polar surface area (TPSA) is 155 Å². The summed E-state index contributed by atoms with van der Waals surface area (Å²) in [6, 6.07) is 0. The zero-order chi connectivity index (χ0) is 58.3. The van der Waals surface area contributed by atoms with Crippen LogP contribution in [0.4, 0.5) is 0 Å². The molecule has 80 heavy (non-hydrogen) atoms. The summed E-state index contributed by atoms with van der Waals surface area (Å²) in [6.07, 6.45) is 79.2. The predicted molar refractivity (Wildman–Crippen MR) is 334 cm³/mol. The number of aliphatic hydroxyl groups excluding tert-OH is 1. The normalized spacial score (nSPS) is 14.4. The maximum absolute atomic E-state index is 12.9. The smallest absolute Gasteiger partial charge is 0.462 e. The van der Waals surface area contributed by atoms with Crippen molar-refractivity contribution in [2.45, 2.75) is 226 Å². The van der Waals surface area contributed by atoms with Crippen LogP contribution in [-0.2, 0) is 42.2 Å². The lowest BCUT2D eigenvalue weighted by atomic mass is 10.1. The van der Waals surface area contributed by atoms with E-state index in [2.05, 4.69) is 173 Å². The van der Waals surface area contributed by atoms with Crippen LogP contribution in [0, 0.1) is 0 Å². The van der Waals surface area contributed by atoms with Crippen molar-refractivity contribution in [3.63, 3.8) is 0 Å². The van der Waals surface area contributed by atoms with Gasteiger partial charge in [0.25, 0.3) is 0 Å². The number of rotatable bonds is 54. The molecule has 0 aromatic carbocycles. The van der Waals surface area contributed by atoms with Crippen molar-refractivity contribution in [3.05, 3.63) is 158 Å². The molecule has 0 fully saturated rings. The highest BCUT2D eigenvalue weighted by molar-refractivity contribution is 7.47. The van der Waals surface area contributed by atoms with E-state index in [9.17, 15) is 28.9 Å². The minimum Gasteiger partial charge on any atom is -0.462 e. The maximum Gasteiger partial charge on any atom is 0.472 e. The Morgan fingerprint density at radius 1 is 0.350 bits per heavy atom. The SMILES string of the molecule is CC/C=C\C/C=C\C/C=C\C/C=C\C/C=C\CCCCCC(=O)OC(COC(=O)CCC/C=C\C/C=C\C/C=C\C/C=C\C/C=C\CC)COP(=O)(O)OCC(CO)OC(=O)CCCCCCCCC/C=C\C/C=C\C/C=C\CC. The molecule has 0 amide bonds. The first kappa shape index (κ1) is 75.1. The van der Waals surface area contributed by atoms with Gasteiger partial charge in [-0.2, -0.15) is 0 Å². The van der Waals surface area contributed by atoms with E-state index in [1.807, 2.05) is 6.08 Å². The average molecular weight is 1130 g/mol. The summed E-state index contributed by atoms with van der Waals surface area (Å²) >= 11 is 0. The lowest BCUT2D eigenvalue weighted by Gasteiger charge is -2.21. The van der Waals surface area contributed by atoms with Crippen molar-refractivity contribution in [2.24, 2.45) is 0 Å². The van der Waals surface area contributed by atoms with Gasteiger partial charge in [-0.3, -0.25) is 23.4 Å². The first-order valence-corrected chi connectivity index (χ1v) is 31.9. The van der Waals surface area contributed by atoms with E-state index < -0.39 is 57.8 Å². The van der Waals surface area contributed by atoms with Gasteiger partial charge in [-0.1, -0.05) is 217 Å². The lowest BCUT2D eigenvalue weighted by Crippen LogP contribution is -2.30. The van der Waals surface area contributed by atoms with Gasteiger partial charge in [0.2, 0.25) is 0 Å². The van der Waals surface area contributed by atoms with E-state index in [1.54, 1.807) is 0 Å². The Balaban J connectivity index is 4.88. The molecule has 0 aliphatic carbocycles. The van der Waals surface area contributed by atoms with Gasteiger partial charge in [0.1, 0.15) is 12.7 Å². The van der Waals surface area contributed by atoms with Crippen LogP contribution < -0.4 is 0 Å². The van der Waals surface area contributed by atoms with Gasteiger partial charge in [-0.05, 0) is 135 Å². The number of phosphoric ester groups is 1. The van der Waals surface area contributed by atoms with Gasteiger partial charge in [0.05, 0.1) is 19.8 Å². The van der Waals surface area contributed by atoms with Crippen LogP contribution in [0.1, 0.15) is 213 Å². The van der Waals surface area contributed by atoms with E-state index in [4.69, 9.17) is 23.3 Å². The number of hydrogen-bond acceptors (Lipinski definition) is 10. The molecule has 11 nitrogen and oxygen atoms in total. The van der Waals surface area contributed by atoms with Gasteiger partial charge >= 0.3 is 25.7 Å². The van der Waals surface area contributed by atoms with Crippen LogP contribution in [0.25, 0.3) is 0 Å². The number of ether oxygens (including phenoxy) is 3. The number of unbranched alkanes of at least 4 members (excludes halogenated alkanes) is 11. The van der Waals surface area contributed by atoms with Gasteiger partial charge in [0.15, 0.2) is 6.10 Å².